The summed E-state index contributed by atoms with van der Waals surface area (Å²) in [6.45, 7) is 0. The van der Waals surface area contributed by atoms with Crippen LogP contribution in [-0.2, 0) is 18.2 Å². The number of methoxy groups -OCH3 is 1. The van der Waals surface area contributed by atoms with E-state index in [-0.39, 0.29) is 11.3 Å². The number of carbonyl (C=O) groups excluding carboxylic acids is 1. The fourth-order valence-corrected chi connectivity index (χ4v) is 2.03. The van der Waals surface area contributed by atoms with Crippen molar-refractivity contribution in [3.05, 3.63) is 41.6 Å². The lowest BCUT2D eigenvalue weighted by Crippen LogP contribution is -2.12. The number of benzene rings is 1. The Bertz CT molecular complexity index is 662. The molecule has 21 heavy (non-hydrogen) atoms. The van der Waals surface area contributed by atoms with Crippen LogP contribution in [-0.4, -0.2) is 29.0 Å². The first-order valence-electron chi connectivity index (χ1n) is 6.09. The number of aromatic nitrogens is 2. The molecule has 0 aliphatic carbocycles. The Hall–Kier alpha value is -2.31. The zero-order valence-corrected chi connectivity index (χ0v) is 11.4. The number of alkyl halides is 3. The van der Waals surface area contributed by atoms with Gasteiger partial charge in [-0.1, -0.05) is 24.3 Å². The molecular formula is C14H13F3N2O2. The largest absolute Gasteiger partial charge is 0.464 e. The van der Waals surface area contributed by atoms with Crippen molar-refractivity contribution in [1.82, 2.24) is 9.78 Å². The molecule has 0 N–H and O–H groups in total. The molecule has 7 heteroatoms. The molecule has 0 fully saturated rings. The van der Waals surface area contributed by atoms with Gasteiger partial charge in [0.1, 0.15) is 5.69 Å². The normalized spacial score (nSPS) is 11.5. The zero-order chi connectivity index (χ0) is 15.6. The van der Waals surface area contributed by atoms with Crippen LogP contribution in [0.2, 0.25) is 0 Å². The number of rotatable bonds is 3. The molecule has 4 nitrogen and oxygen atoms in total. The Morgan fingerprint density at radius 2 is 2.00 bits per heavy atom. The van der Waals surface area contributed by atoms with Gasteiger partial charge in [0.05, 0.1) is 19.2 Å². The summed E-state index contributed by atoms with van der Waals surface area (Å²) in [6.07, 6.45) is -5.36. The number of esters is 1. The molecule has 2 rings (SSSR count). The van der Waals surface area contributed by atoms with Crippen molar-refractivity contribution < 1.29 is 22.7 Å². The molecule has 1 aromatic carbocycles. The molecular weight excluding hydrogens is 285 g/mol. The predicted molar refractivity (Wildman–Crippen MR) is 69.7 cm³/mol. The maximum atomic E-state index is 12.6. The Labute approximate surface area is 119 Å². The maximum Gasteiger partial charge on any atom is 0.393 e. The average Bonchev–Trinajstić information content (AvgIpc) is 2.78. The van der Waals surface area contributed by atoms with Gasteiger partial charge in [-0.05, 0) is 11.6 Å². The van der Waals surface area contributed by atoms with Gasteiger partial charge in [-0.3, -0.25) is 4.68 Å². The third kappa shape index (κ3) is 3.42. The van der Waals surface area contributed by atoms with Crippen LogP contribution in [0.5, 0.6) is 0 Å². The zero-order valence-electron chi connectivity index (χ0n) is 11.4. The summed E-state index contributed by atoms with van der Waals surface area (Å²) >= 11 is 0. The van der Waals surface area contributed by atoms with Crippen LogP contribution >= 0.6 is 0 Å². The Balaban J connectivity index is 2.45. The van der Waals surface area contributed by atoms with E-state index in [1.54, 1.807) is 12.1 Å². The van der Waals surface area contributed by atoms with Crippen molar-refractivity contribution in [3.8, 4) is 11.3 Å². The first-order valence-corrected chi connectivity index (χ1v) is 6.09. The molecule has 0 unspecified atom stereocenters. The maximum absolute atomic E-state index is 12.6. The second-order valence-electron chi connectivity index (χ2n) is 4.48. The lowest BCUT2D eigenvalue weighted by atomic mass is 10.0. The summed E-state index contributed by atoms with van der Waals surface area (Å²) in [5.41, 5.74) is 0.937. The van der Waals surface area contributed by atoms with E-state index in [4.69, 9.17) is 0 Å². The molecule has 1 aromatic heterocycles. The molecule has 112 valence electrons. The second-order valence-corrected chi connectivity index (χ2v) is 4.48. The highest BCUT2D eigenvalue weighted by molar-refractivity contribution is 5.89. The highest BCUT2D eigenvalue weighted by Gasteiger charge is 2.29. The van der Waals surface area contributed by atoms with Crippen molar-refractivity contribution in [2.24, 2.45) is 7.05 Å². The average molecular weight is 298 g/mol. The van der Waals surface area contributed by atoms with Gasteiger partial charge in [0, 0.05) is 12.6 Å². The van der Waals surface area contributed by atoms with Crippen LogP contribution in [0.1, 0.15) is 16.1 Å². The highest BCUT2D eigenvalue weighted by atomic mass is 19.4. The van der Waals surface area contributed by atoms with E-state index in [0.717, 1.165) is 0 Å². The van der Waals surface area contributed by atoms with E-state index >= 15 is 0 Å². The van der Waals surface area contributed by atoms with Crippen LogP contribution in [0.4, 0.5) is 13.2 Å². The van der Waals surface area contributed by atoms with Crippen molar-refractivity contribution in [3.63, 3.8) is 0 Å². The quantitative estimate of drug-likeness (QED) is 0.818. The van der Waals surface area contributed by atoms with E-state index in [0.29, 0.717) is 11.3 Å². The van der Waals surface area contributed by atoms with E-state index in [1.165, 1.54) is 37.0 Å². The number of halogens is 3. The summed E-state index contributed by atoms with van der Waals surface area (Å²) in [5, 5.41) is 4.09. The first-order chi connectivity index (χ1) is 9.81. The van der Waals surface area contributed by atoms with Gasteiger partial charge in [-0.15, -0.1) is 0 Å². The van der Waals surface area contributed by atoms with E-state index in [2.05, 4.69) is 9.84 Å². The monoisotopic (exact) mass is 298 g/mol. The number of hydrogen-bond acceptors (Lipinski definition) is 3. The molecule has 0 aliphatic rings. The van der Waals surface area contributed by atoms with Crippen molar-refractivity contribution in [2.75, 3.05) is 7.11 Å². The lowest BCUT2D eigenvalue weighted by Gasteiger charge is -2.10. The third-order valence-corrected chi connectivity index (χ3v) is 2.96. The van der Waals surface area contributed by atoms with Gasteiger partial charge < -0.3 is 4.74 Å². The Morgan fingerprint density at radius 3 is 2.62 bits per heavy atom. The molecule has 0 radical (unpaired) electrons. The van der Waals surface area contributed by atoms with Gasteiger partial charge in [-0.25, -0.2) is 4.79 Å². The van der Waals surface area contributed by atoms with Gasteiger partial charge >= 0.3 is 12.1 Å². The molecule has 0 bridgehead atoms. The van der Waals surface area contributed by atoms with Crippen LogP contribution in [0.25, 0.3) is 11.3 Å². The molecule has 0 saturated heterocycles. The van der Waals surface area contributed by atoms with E-state index < -0.39 is 18.6 Å². The molecule has 2 aromatic rings. The minimum Gasteiger partial charge on any atom is -0.464 e. The highest BCUT2D eigenvalue weighted by Crippen LogP contribution is 2.29. The van der Waals surface area contributed by atoms with Gasteiger partial charge in [0.15, 0.2) is 0 Å². The number of aryl methyl sites for hydroxylation is 1. The summed E-state index contributed by atoms with van der Waals surface area (Å²) in [6, 6.07) is 7.53. The number of ether oxygens (including phenoxy) is 1. The number of hydrogen-bond donors (Lipinski definition) is 0. The fourth-order valence-electron chi connectivity index (χ4n) is 2.03. The van der Waals surface area contributed by atoms with E-state index in [1.807, 2.05) is 0 Å². The van der Waals surface area contributed by atoms with Crippen LogP contribution < -0.4 is 0 Å². The predicted octanol–water partition coefficient (Wildman–Crippen LogP) is 2.98. The summed E-state index contributed by atoms with van der Waals surface area (Å²) in [5.74, 6) is -0.593. The lowest BCUT2D eigenvalue weighted by molar-refractivity contribution is -0.127. The Kier molecular flexibility index (Phi) is 4.02. The SMILES string of the molecule is COC(=O)c1cc(-c2ccccc2CC(F)(F)F)nn1C. The number of carbonyl (C=O) groups is 1. The van der Waals surface area contributed by atoms with Gasteiger partial charge in [-0.2, -0.15) is 18.3 Å². The molecule has 0 atom stereocenters. The summed E-state index contributed by atoms with van der Waals surface area (Å²) in [4.78, 5) is 11.5. The first kappa shape index (κ1) is 15.1. The topological polar surface area (TPSA) is 44.1 Å². The summed E-state index contributed by atoms with van der Waals surface area (Å²) < 4.78 is 43.7. The molecule has 0 amide bonds. The molecule has 0 saturated carbocycles. The molecule has 0 aliphatic heterocycles. The van der Waals surface area contributed by atoms with Crippen LogP contribution in [0, 0.1) is 0 Å². The van der Waals surface area contributed by atoms with Crippen LogP contribution in [0.15, 0.2) is 30.3 Å². The minimum absolute atomic E-state index is 0.111. The van der Waals surface area contributed by atoms with Crippen molar-refractivity contribution in [1.29, 1.82) is 0 Å². The minimum atomic E-state index is -4.31. The smallest absolute Gasteiger partial charge is 0.393 e. The van der Waals surface area contributed by atoms with Crippen LogP contribution in [0.3, 0.4) is 0 Å². The van der Waals surface area contributed by atoms with E-state index in [9.17, 15) is 18.0 Å². The van der Waals surface area contributed by atoms with Crippen molar-refractivity contribution in [2.45, 2.75) is 12.6 Å². The summed E-state index contributed by atoms with van der Waals surface area (Å²) in [7, 11) is 2.76. The van der Waals surface area contributed by atoms with Gasteiger partial charge in [0.2, 0.25) is 0 Å². The third-order valence-electron chi connectivity index (χ3n) is 2.96. The standard InChI is InChI=1S/C14H13F3N2O2/c1-19-12(13(20)21-2)7-11(18-19)10-6-4-3-5-9(10)8-14(15,16)17/h3-7H,8H2,1-2H3. The fraction of sp³-hybridized carbons (Fsp3) is 0.286. The molecule has 0 spiro atoms. The molecule has 1 heterocycles. The second kappa shape index (κ2) is 5.59. The van der Waals surface area contributed by atoms with Gasteiger partial charge in [0.25, 0.3) is 0 Å². The van der Waals surface area contributed by atoms with Crippen molar-refractivity contribution >= 4 is 5.97 Å². The Morgan fingerprint density at radius 1 is 1.33 bits per heavy atom. The number of nitrogens with zero attached hydrogens (tertiary/aromatic N) is 2.